The van der Waals surface area contributed by atoms with Crippen LogP contribution in [0.15, 0.2) is 53.4 Å². The molecule has 0 saturated carbocycles. The van der Waals surface area contributed by atoms with E-state index in [1.165, 1.54) is 37.1 Å². The average Bonchev–Trinajstić information content (AvgIpc) is 3.20. The van der Waals surface area contributed by atoms with Crippen LogP contribution in [0.4, 0.5) is 5.69 Å². The number of terminal acetylenes is 1. The molecule has 2 aromatic carbocycles. The summed E-state index contributed by atoms with van der Waals surface area (Å²) in [5, 5.41) is 2.87. The Balaban J connectivity index is 1.65. The first-order chi connectivity index (χ1) is 13.5. The molecular weight excluding hydrogens is 374 g/mol. The Kier molecular flexibility index (Phi) is 6.47. The Morgan fingerprint density at radius 3 is 2.50 bits per heavy atom. The van der Waals surface area contributed by atoms with Gasteiger partial charge >= 0.3 is 0 Å². The standard InChI is InChI=1S/C21H23N3O3S/c1-2-12-22-28(26,27)20-10-8-18(9-11-20)21(25)23-19-7-5-6-17(15-19)16-24-13-3-4-14-24/h1,5-11,15,22H,3-4,12-14,16H2,(H,23,25). The molecule has 0 aromatic heterocycles. The maximum Gasteiger partial charge on any atom is 0.255 e. The van der Waals surface area contributed by atoms with Crippen molar-refractivity contribution in [3.8, 4) is 12.3 Å². The fraction of sp³-hybridized carbons (Fsp3) is 0.286. The van der Waals surface area contributed by atoms with Gasteiger partial charge in [-0.2, -0.15) is 4.72 Å². The molecule has 1 aliphatic heterocycles. The number of rotatable bonds is 7. The summed E-state index contributed by atoms with van der Waals surface area (Å²) in [6.45, 7) is 3.02. The second kappa shape index (κ2) is 9.02. The van der Waals surface area contributed by atoms with Gasteiger partial charge in [-0.15, -0.1) is 6.42 Å². The van der Waals surface area contributed by atoms with E-state index < -0.39 is 10.0 Å². The molecule has 2 aromatic rings. The molecule has 0 spiro atoms. The Labute approximate surface area is 166 Å². The summed E-state index contributed by atoms with van der Waals surface area (Å²) in [7, 11) is -3.67. The zero-order valence-electron chi connectivity index (χ0n) is 15.5. The first-order valence-corrected chi connectivity index (χ1v) is 10.6. The maximum atomic E-state index is 12.5. The van der Waals surface area contributed by atoms with Gasteiger partial charge in [0.05, 0.1) is 11.4 Å². The minimum atomic E-state index is -3.67. The molecule has 1 heterocycles. The minimum Gasteiger partial charge on any atom is -0.322 e. The number of sulfonamides is 1. The maximum absolute atomic E-state index is 12.5. The molecule has 1 saturated heterocycles. The molecule has 28 heavy (non-hydrogen) atoms. The van der Waals surface area contributed by atoms with Gasteiger partial charge in [0.1, 0.15) is 0 Å². The van der Waals surface area contributed by atoms with Crippen molar-refractivity contribution in [1.82, 2.24) is 9.62 Å². The van der Waals surface area contributed by atoms with E-state index in [0.29, 0.717) is 11.3 Å². The number of benzene rings is 2. The largest absolute Gasteiger partial charge is 0.322 e. The van der Waals surface area contributed by atoms with Crippen LogP contribution in [-0.2, 0) is 16.6 Å². The molecule has 0 radical (unpaired) electrons. The fourth-order valence-corrected chi connectivity index (χ4v) is 4.09. The van der Waals surface area contributed by atoms with Crippen LogP contribution in [0.25, 0.3) is 0 Å². The summed E-state index contributed by atoms with van der Waals surface area (Å²) in [5.74, 6) is 1.93. The normalized spacial score (nSPS) is 14.5. The zero-order chi connectivity index (χ0) is 20.0. The van der Waals surface area contributed by atoms with Crippen LogP contribution in [-0.4, -0.2) is 38.9 Å². The van der Waals surface area contributed by atoms with E-state index in [2.05, 4.69) is 26.9 Å². The van der Waals surface area contributed by atoms with E-state index in [9.17, 15) is 13.2 Å². The van der Waals surface area contributed by atoms with Crippen molar-refractivity contribution in [2.24, 2.45) is 0 Å². The molecule has 0 unspecified atom stereocenters. The van der Waals surface area contributed by atoms with E-state index in [-0.39, 0.29) is 17.3 Å². The van der Waals surface area contributed by atoms with Gasteiger partial charge in [0.2, 0.25) is 10.0 Å². The number of likely N-dealkylation sites (tertiary alicyclic amines) is 1. The first-order valence-electron chi connectivity index (χ1n) is 9.14. The topological polar surface area (TPSA) is 78.5 Å². The third-order valence-corrected chi connectivity index (χ3v) is 6.00. The van der Waals surface area contributed by atoms with Crippen LogP contribution in [0.5, 0.6) is 0 Å². The van der Waals surface area contributed by atoms with E-state index in [4.69, 9.17) is 6.42 Å². The molecule has 1 fully saturated rings. The highest BCUT2D eigenvalue weighted by atomic mass is 32.2. The van der Waals surface area contributed by atoms with Gasteiger partial charge < -0.3 is 5.32 Å². The summed E-state index contributed by atoms with van der Waals surface area (Å²) in [5.41, 5.74) is 2.25. The van der Waals surface area contributed by atoms with Gasteiger partial charge in [-0.1, -0.05) is 18.1 Å². The number of carbonyl (C=O) groups excluding carboxylic acids is 1. The van der Waals surface area contributed by atoms with Crippen LogP contribution in [0.3, 0.4) is 0 Å². The highest BCUT2D eigenvalue weighted by Crippen LogP contribution is 2.17. The number of amides is 1. The third kappa shape index (κ3) is 5.20. The lowest BCUT2D eigenvalue weighted by atomic mass is 10.1. The Morgan fingerprint density at radius 1 is 1.11 bits per heavy atom. The van der Waals surface area contributed by atoms with Crippen molar-refractivity contribution >= 4 is 21.6 Å². The molecule has 0 aliphatic carbocycles. The number of nitrogens with one attached hydrogen (secondary N) is 2. The van der Waals surface area contributed by atoms with E-state index in [0.717, 1.165) is 25.2 Å². The number of nitrogens with zero attached hydrogens (tertiary/aromatic N) is 1. The number of carbonyl (C=O) groups is 1. The molecule has 2 N–H and O–H groups in total. The molecule has 1 aliphatic rings. The van der Waals surface area contributed by atoms with Gasteiger partial charge in [0.25, 0.3) is 5.91 Å². The number of hydrogen-bond acceptors (Lipinski definition) is 4. The Bertz CT molecular complexity index is 973. The highest BCUT2D eigenvalue weighted by Gasteiger charge is 2.15. The summed E-state index contributed by atoms with van der Waals surface area (Å²) in [6.07, 6.45) is 7.55. The quantitative estimate of drug-likeness (QED) is 0.704. The molecule has 0 bridgehead atoms. The van der Waals surface area contributed by atoms with Crippen LogP contribution >= 0.6 is 0 Å². The lowest BCUT2D eigenvalue weighted by Crippen LogP contribution is -2.24. The summed E-state index contributed by atoms with van der Waals surface area (Å²) < 4.78 is 26.3. The lowest BCUT2D eigenvalue weighted by Gasteiger charge is -2.15. The number of anilines is 1. The van der Waals surface area contributed by atoms with E-state index >= 15 is 0 Å². The van der Waals surface area contributed by atoms with Crippen molar-refractivity contribution in [3.05, 3.63) is 59.7 Å². The Morgan fingerprint density at radius 2 is 1.82 bits per heavy atom. The second-order valence-corrected chi connectivity index (χ2v) is 8.46. The fourth-order valence-electron chi connectivity index (χ4n) is 3.16. The lowest BCUT2D eigenvalue weighted by molar-refractivity contribution is 0.102. The number of hydrogen-bond donors (Lipinski definition) is 2. The second-order valence-electron chi connectivity index (χ2n) is 6.69. The predicted molar refractivity (Wildman–Crippen MR) is 109 cm³/mol. The zero-order valence-corrected chi connectivity index (χ0v) is 16.3. The van der Waals surface area contributed by atoms with Gasteiger partial charge in [-0.25, -0.2) is 8.42 Å². The SMILES string of the molecule is C#CCNS(=O)(=O)c1ccc(C(=O)Nc2cccc(CN3CCCC3)c2)cc1. The summed E-state index contributed by atoms with van der Waals surface area (Å²) in [6, 6.07) is 13.5. The minimum absolute atomic E-state index is 0.0620. The van der Waals surface area contributed by atoms with Crippen molar-refractivity contribution < 1.29 is 13.2 Å². The predicted octanol–water partition coefficient (Wildman–Crippen LogP) is 2.45. The van der Waals surface area contributed by atoms with Crippen molar-refractivity contribution in [3.63, 3.8) is 0 Å². The third-order valence-electron chi connectivity index (χ3n) is 4.58. The highest BCUT2D eigenvalue weighted by molar-refractivity contribution is 7.89. The van der Waals surface area contributed by atoms with Gasteiger partial charge in [-0.05, 0) is 67.9 Å². The van der Waals surface area contributed by atoms with Gasteiger partial charge in [-0.3, -0.25) is 9.69 Å². The molecule has 6 nitrogen and oxygen atoms in total. The van der Waals surface area contributed by atoms with Crippen molar-refractivity contribution in [1.29, 1.82) is 0 Å². The molecule has 3 rings (SSSR count). The first kappa shape index (κ1) is 20.1. The summed E-state index contributed by atoms with van der Waals surface area (Å²) >= 11 is 0. The summed E-state index contributed by atoms with van der Waals surface area (Å²) in [4.78, 5) is 14.9. The van der Waals surface area contributed by atoms with Crippen LogP contribution in [0, 0.1) is 12.3 Å². The van der Waals surface area contributed by atoms with Crippen LogP contribution in [0.2, 0.25) is 0 Å². The molecule has 146 valence electrons. The van der Waals surface area contributed by atoms with Crippen molar-refractivity contribution in [2.45, 2.75) is 24.3 Å². The average molecular weight is 398 g/mol. The monoisotopic (exact) mass is 397 g/mol. The van der Waals surface area contributed by atoms with Crippen LogP contribution < -0.4 is 10.0 Å². The smallest absolute Gasteiger partial charge is 0.255 e. The van der Waals surface area contributed by atoms with Gasteiger partial charge in [0.15, 0.2) is 0 Å². The van der Waals surface area contributed by atoms with E-state index in [1.54, 1.807) is 0 Å². The molecule has 0 atom stereocenters. The van der Waals surface area contributed by atoms with E-state index in [1.807, 2.05) is 18.2 Å². The molecular formula is C21H23N3O3S. The molecule has 7 heteroatoms. The Hall–Kier alpha value is -2.66. The molecule has 1 amide bonds. The van der Waals surface area contributed by atoms with Crippen molar-refractivity contribution in [2.75, 3.05) is 25.0 Å². The van der Waals surface area contributed by atoms with Gasteiger partial charge in [0, 0.05) is 17.8 Å². The van der Waals surface area contributed by atoms with Crippen LogP contribution in [0.1, 0.15) is 28.8 Å².